The summed E-state index contributed by atoms with van der Waals surface area (Å²) in [6.07, 6.45) is 5.09. The number of nitrogens with one attached hydrogen (secondary N) is 1. The van der Waals surface area contributed by atoms with Gasteiger partial charge in [-0.1, -0.05) is 44.7 Å². The third-order valence-corrected chi connectivity index (χ3v) is 7.98. The molecule has 0 radical (unpaired) electrons. The Hall–Kier alpha value is -4.99. The second-order valence-electron chi connectivity index (χ2n) is 10.6. The predicted octanol–water partition coefficient (Wildman–Crippen LogP) is 7.03. The first-order valence-electron chi connectivity index (χ1n) is 14.4. The highest BCUT2D eigenvalue weighted by Gasteiger charge is 2.24. The maximum Gasteiger partial charge on any atom is 0.270 e. The number of fused-ring (bicyclic) bond motifs is 1. The number of nitrogens with zero attached hydrogens (tertiary/aromatic N) is 4. The van der Waals surface area contributed by atoms with Gasteiger partial charge in [0, 0.05) is 55.2 Å². The van der Waals surface area contributed by atoms with Crippen LogP contribution >= 0.6 is 0 Å². The van der Waals surface area contributed by atoms with Crippen LogP contribution in [0.25, 0.3) is 22.0 Å². The molecule has 1 aromatic heterocycles. The number of piperidine rings is 1. The largest absolute Gasteiger partial charge is 0.493 e. The van der Waals surface area contributed by atoms with Crippen molar-refractivity contribution in [1.82, 2.24) is 14.9 Å². The lowest BCUT2D eigenvalue weighted by atomic mass is 9.93. The van der Waals surface area contributed by atoms with Gasteiger partial charge in [0.15, 0.2) is 11.5 Å². The van der Waals surface area contributed by atoms with Crippen molar-refractivity contribution < 1.29 is 19.2 Å². The molecular weight excluding hydrogens is 546 g/mol. The molecule has 0 aliphatic carbocycles. The smallest absolute Gasteiger partial charge is 0.270 e. The van der Waals surface area contributed by atoms with Crippen molar-refractivity contribution in [3.63, 3.8) is 0 Å². The summed E-state index contributed by atoms with van der Waals surface area (Å²) in [5.41, 5.74) is 4.29. The number of rotatable bonds is 10. The molecule has 1 fully saturated rings. The molecule has 1 saturated heterocycles. The lowest BCUT2D eigenvalue weighted by Gasteiger charge is -2.31. The van der Waals surface area contributed by atoms with Crippen molar-refractivity contribution in [3.05, 3.63) is 89.3 Å². The molecule has 3 aromatic carbocycles. The molecule has 10 nitrogen and oxygen atoms in total. The van der Waals surface area contributed by atoms with E-state index < -0.39 is 0 Å². The number of hydrogen-bond donors (Lipinski definition) is 1. The summed E-state index contributed by atoms with van der Waals surface area (Å²) < 4.78 is 12.1. The van der Waals surface area contributed by atoms with Crippen molar-refractivity contribution >= 4 is 34.0 Å². The van der Waals surface area contributed by atoms with E-state index >= 15 is 0 Å². The Morgan fingerprint density at radius 3 is 2.60 bits per heavy atom. The van der Waals surface area contributed by atoms with Crippen LogP contribution < -0.4 is 14.8 Å². The second-order valence-corrected chi connectivity index (χ2v) is 10.6. The van der Waals surface area contributed by atoms with Gasteiger partial charge in [-0.25, -0.2) is 9.97 Å². The zero-order valence-corrected chi connectivity index (χ0v) is 24.6. The number of aromatic nitrogens is 2. The molecule has 1 amide bonds. The highest BCUT2D eigenvalue weighted by molar-refractivity contribution is 5.93. The van der Waals surface area contributed by atoms with Crippen molar-refractivity contribution in [3.8, 4) is 22.6 Å². The Morgan fingerprint density at radius 1 is 1.14 bits per heavy atom. The van der Waals surface area contributed by atoms with Crippen LogP contribution in [0.15, 0.2) is 73.6 Å². The van der Waals surface area contributed by atoms with Crippen LogP contribution in [0, 0.1) is 10.1 Å². The van der Waals surface area contributed by atoms with Gasteiger partial charge in [0.05, 0.1) is 17.5 Å². The van der Waals surface area contributed by atoms with Crippen LogP contribution in [0.2, 0.25) is 0 Å². The van der Waals surface area contributed by atoms with Crippen LogP contribution in [-0.2, 0) is 4.79 Å². The lowest BCUT2D eigenvalue weighted by Crippen LogP contribution is -2.41. The highest BCUT2D eigenvalue weighted by Crippen LogP contribution is 2.38. The molecule has 43 heavy (non-hydrogen) atoms. The van der Waals surface area contributed by atoms with Gasteiger partial charge in [-0.15, -0.1) is 0 Å². The van der Waals surface area contributed by atoms with E-state index in [1.165, 1.54) is 18.5 Å². The maximum absolute atomic E-state index is 12.0. The number of likely N-dealkylation sites (tertiary alicyclic amines) is 1. The number of benzene rings is 3. The molecule has 10 heteroatoms. The normalized spacial score (nSPS) is 14.3. The zero-order chi connectivity index (χ0) is 30.5. The number of ether oxygens (including phenoxy) is 2. The summed E-state index contributed by atoms with van der Waals surface area (Å²) in [5, 5.41) is 15.7. The molecule has 1 atom stereocenters. The minimum absolute atomic E-state index is 0.0410. The first-order valence-corrected chi connectivity index (χ1v) is 14.4. The summed E-state index contributed by atoms with van der Waals surface area (Å²) in [6, 6.07) is 16.4. The molecule has 1 aliphatic rings. The SMILES string of the molecule is C=CC(=O)N1CCC(Oc2cc3c(Nc4cc(-c5cccc([N+](=O)[O-])c5)ccc4C(C)CC)ncnc3cc2OC)CC1. The molecule has 0 saturated carbocycles. The van der Waals surface area contributed by atoms with E-state index in [1.807, 2.05) is 30.3 Å². The van der Waals surface area contributed by atoms with Crippen molar-refractivity contribution in [2.24, 2.45) is 0 Å². The van der Waals surface area contributed by atoms with E-state index in [0.29, 0.717) is 48.8 Å². The van der Waals surface area contributed by atoms with Gasteiger partial charge in [0.25, 0.3) is 5.69 Å². The molecule has 0 bridgehead atoms. The molecule has 4 aromatic rings. The molecule has 5 rings (SSSR count). The number of methoxy groups -OCH3 is 1. The third kappa shape index (κ3) is 6.43. The molecule has 1 unspecified atom stereocenters. The van der Waals surface area contributed by atoms with E-state index in [1.54, 1.807) is 24.1 Å². The van der Waals surface area contributed by atoms with Crippen LogP contribution in [-0.4, -0.2) is 52.0 Å². The van der Waals surface area contributed by atoms with Gasteiger partial charge in [0.1, 0.15) is 18.2 Å². The van der Waals surface area contributed by atoms with Crippen LogP contribution in [0.1, 0.15) is 44.6 Å². The van der Waals surface area contributed by atoms with Gasteiger partial charge in [-0.05, 0) is 47.2 Å². The second kappa shape index (κ2) is 12.9. The summed E-state index contributed by atoms with van der Waals surface area (Å²) in [6.45, 7) is 9.08. The number of anilines is 2. The maximum atomic E-state index is 12.0. The molecule has 222 valence electrons. The Bertz CT molecular complexity index is 1670. The number of carbonyl (C=O) groups excluding carboxylic acids is 1. The molecular formula is C33H35N5O5. The summed E-state index contributed by atoms with van der Waals surface area (Å²) in [4.78, 5) is 33.8. The molecule has 2 heterocycles. The van der Waals surface area contributed by atoms with Crippen LogP contribution in [0.3, 0.4) is 0 Å². The van der Waals surface area contributed by atoms with E-state index in [4.69, 9.17) is 9.47 Å². The fourth-order valence-corrected chi connectivity index (χ4v) is 5.34. The summed E-state index contributed by atoms with van der Waals surface area (Å²) in [5.74, 6) is 1.93. The Kier molecular flexibility index (Phi) is 8.85. The first kappa shape index (κ1) is 29.5. The third-order valence-electron chi connectivity index (χ3n) is 7.98. The van der Waals surface area contributed by atoms with Crippen LogP contribution in [0.4, 0.5) is 17.2 Å². The van der Waals surface area contributed by atoms with Gasteiger partial charge >= 0.3 is 0 Å². The van der Waals surface area contributed by atoms with Crippen molar-refractivity contribution in [2.45, 2.75) is 45.1 Å². The molecule has 1 N–H and O–H groups in total. The quantitative estimate of drug-likeness (QED) is 0.120. The Balaban J connectivity index is 1.50. The standard InChI is InChI=1S/C33H35N5O5/c1-5-21(3)26-11-10-23(22-8-7-9-24(16-22)38(40)41)17-29(26)36-33-27-18-31(30(42-4)19-28(27)34-20-35-33)43-25-12-14-37(15-13-25)32(39)6-2/h6-11,16-21,25H,2,5,12-15H2,1,3-4H3,(H,34,35,36). The molecule has 1 aliphatic heterocycles. The number of non-ortho nitro benzene ring substituents is 1. The van der Waals surface area contributed by atoms with Crippen LogP contribution in [0.5, 0.6) is 11.5 Å². The zero-order valence-electron chi connectivity index (χ0n) is 24.6. The van der Waals surface area contributed by atoms with Gasteiger partial charge in [-0.3, -0.25) is 14.9 Å². The average molecular weight is 582 g/mol. The highest BCUT2D eigenvalue weighted by atomic mass is 16.6. The minimum atomic E-state index is -0.388. The van der Waals surface area contributed by atoms with E-state index in [9.17, 15) is 14.9 Å². The monoisotopic (exact) mass is 581 g/mol. The van der Waals surface area contributed by atoms with Gasteiger partial charge in [0.2, 0.25) is 5.91 Å². The lowest BCUT2D eigenvalue weighted by molar-refractivity contribution is -0.384. The number of amides is 1. The average Bonchev–Trinajstić information content (AvgIpc) is 3.04. The van der Waals surface area contributed by atoms with Gasteiger partial charge in [-0.2, -0.15) is 0 Å². The first-order chi connectivity index (χ1) is 20.8. The molecule has 0 spiro atoms. The Morgan fingerprint density at radius 2 is 1.91 bits per heavy atom. The fourth-order valence-electron chi connectivity index (χ4n) is 5.34. The fraction of sp³-hybridized carbons (Fsp3) is 0.303. The van der Waals surface area contributed by atoms with E-state index in [0.717, 1.165) is 34.2 Å². The Labute approximate surface area is 250 Å². The predicted molar refractivity (Wildman–Crippen MR) is 167 cm³/mol. The van der Waals surface area contributed by atoms with Crippen molar-refractivity contribution in [1.29, 1.82) is 0 Å². The topological polar surface area (TPSA) is 120 Å². The number of nitro benzene ring substituents is 1. The van der Waals surface area contributed by atoms with E-state index in [-0.39, 0.29) is 28.5 Å². The van der Waals surface area contributed by atoms with E-state index in [2.05, 4.69) is 41.8 Å². The van der Waals surface area contributed by atoms with Crippen molar-refractivity contribution in [2.75, 3.05) is 25.5 Å². The number of carbonyl (C=O) groups is 1. The number of nitro groups is 1. The summed E-state index contributed by atoms with van der Waals surface area (Å²) in [7, 11) is 1.59. The minimum Gasteiger partial charge on any atom is -0.493 e. The number of hydrogen-bond acceptors (Lipinski definition) is 8. The van der Waals surface area contributed by atoms with Gasteiger partial charge < -0.3 is 19.7 Å². The summed E-state index contributed by atoms with van der Waals surface area (Å²) >= 11 is 0.